The Hall–Kier alpha value is -3.35. The van der Waals surface area contributed by atoms with Crippen molar-refractivity contribution in [3.63, 3.8) is 0 Å². The summed E-state index contributed by atoms with van der Waals surface area (Å²) in [6.45, 7) is 2.61. The molecule has 2 aromatic rings. The van der Waals surface area contributed by atoms with E-state index >= 15 is 0 Å². The van der Waals surface area contributed by atoms with Gasteiger partial charge in [-0.1, -0.05) is 18.2 Å². The number of aromatic hydroxyl groups is 1. The molecular weight excluding hydrogens is 360 g/mol. The number of piperidine rings is 1. The number of carboxylic acid groups (broad SMARTS) is 1. The summed E-state index contributed by atoms with van der Waals surface area (Å²) in [6.07, 6.45) is 1.69. The molecule has 2 aromatic carbocycles. The van der Waals surface area contributed by atoms with E-state index in [0.29, 0.717) is 24.2 Å². The smallest absolute Gasteiger partial charge is 0.339 e. The molecule has 1 saturated heterocycles. The normalized spacial score (nSPS) is 16.5. The third-order valence-corrected chi connectivity index (χ3v) is 4.81. The van der Waals surface area contributed by atoms with Gasteiger partial charge in [-0.05, 0) is 48.2 Å². The summed E-state index contributed by atoms with van der Waals surface area (Å²) in [7, 11) is 0. The van der Waals surface area contributed by atoms with E-state index in [9.17, 15) is 19.5 Å². The number of carbonyl (C=O) groups excluding carboxylic acids is 2. The van der Waals surface area contributed by atoms with Crippen LogP contribution in [0.5, 0.6) is 5.75 Å². The minimum atomic E-state index is -1.20. The fraction of sp³-hybridized carbons (Fsp3) is 0.286. The Morgan fingerprint density at radius 3 is 2.39 bits per heavy atom. The Kier molecular flexibility index (Phi) is 5.63. The average Bonchev–Trinajstić information content (AvgIpc) is 2.67. The maximum atomic E-state index is 12.8. The van der Waals surface area contributed by atoms with E-state index in [1.165, 1.54) is 19.1 Å². The first-order chi connectivity index (χ1) is 13.3. The molecule has 28 heavy (non-hydrogen) atoms. The number of likely N-dealkylation sites (tertiary alicyclic amines) is 1. The largest absolute Gasteiger partial charge is 0.507 e. The van der Waals surface area contributed by atoms with E-state index in [0.717, 1.165) is 18.4 Å². The second kappa shape index (κ2) is 8.12. The number of carboxylic acids is 1. The molecule has 7 nitrogen and oxygen atoms in total. The molecule has 1 aliphatic heterocycles. The van der Waals surface area contributed by atoms with Crippen molar-refractivity contribution in [3.05, 3.63) is 53.6 Å². The van der Waals surface area contributed by atoms with Crippen molar-refractivity contribution in [2.45, 2.75) is 25.8 Å². The topological polar surface area (TPSA) is 107 Å². The van der Waals surface area contributed by atoms with Crippen LogP contribution in [0.25, 0.3) is 11.1 Å². The summed E-state index contributed by atoms with van der Waals surface area (Å²) in [5.74, 6) is -1.69. The summed E-state index contributed by atoms with van der Waals surface area (Å²) in [5, 5.41) is 21.6. The number of phenols is 1. The second-order valence-electron chi connectivity index (χ2n) is 6.91. The number of benzene rings is 2. The fourth-order valence-corrected chi connectivity index (χ4v) is 3.44. The molecule has 0 bridgehead atoms. The van der Waals surface area contributed by atoms with Crippen LogP contribution in [0.2, 0.25) is 0 Å². The van der Waals surface area contributed by atoms with Gasteiger partial charge in [-0.3, -0.25) is 9.59 Å². The van der Waals surface area contributed by atoms with E-state index in [2.05, 4.69) is 5.32 Å². The van der Waals surface area contributed by atoms with Gasteiger partial charge in [0.05, 0.1) is 0 Å². The molecule has 3 rings (SSSR count). The van der Waals surface area contributed by atoms with Crippen LogP contribution in [0.1, 0.15) is 40.5 Å². The van der Waals surface area contributed by atoms with Gasteiger partial charge in [-0.2, -0.15) is 0 Å². The Morgan fingerprint density at radius 2 is 1.75 bits per heavy atom. The van der Waals surface area contributed by atoms with E-state index in [1.54, 1.807) is 35.2 Å². The highest BCUT2D eigenvalue weighted by Gasteiger charge is 2.25. The summed E-state index contributed by atoms with van der Waals surface area (Å²) in [6, 6.07) is 11.2. The molecule has 0 spiro atoms. The summed E-state index contributed by atoms with van der Waals surface area (Å²) in [5.41, 5.74) is 1.74. The first-order valence-electron chi connectivity index (χ1n) is 9.08. The maximum absolute atomic E-state index is 12.8. The second-order valence-corrected chi connectivity index (χ2v) is 6.91. The van der Waals surface area contributed by atoms with Crippen LogP contribution in [0, 0.1) is 0 Å². The van der Waals surface area contributed by atoms with Crippen molar-refractivity contribution in [2.75, 3.05) is 13.1 Å². The van der Waals surface area contributed by atoms with Gasteiger partial charge in [0.1, 0.15) is 11.3 Å². The molecule has 1 fully saturated rings. The van der Waals surface area contributed by atoms with Gasteiger partial charge in [0.15, 0.2) is 0 Å². The highest BCUT2D eigenvalue weighted by atomic mass is 16.4. The standard InChI is InChI=1S/C21H22N2O5/c1-13(24)22-17-3-2-10-23(12-17)20(26)15-6-4-14(5-7-15)16-8-9-19(25)18(11-16)21(27)28/h4-9,11,17,25H,2-3,10,12H2,1H3,(H,22,24)(H,27,28). The highest BCUT2D eigenvalue weighted by molar-refractivity contribution is 5.95. The van der Waals surface area contributed by atoms with Crippen LogP contribution in [0.15, 0.2) is 42.5 Å². The monoisotopic (exact) mass is 382 g/mol. The number of carbonyl (C=O) groups is 3. The Morgan fingerprint density at radius 1 is 1.07 bits per heavy atom. The Balaban J connectivity index is 1.75. The highest BCUT2D eigenvalue weighted by Crippen LogP contribution is 2.26. The summed E-state index contributed by atoms with van der Waals surface area (Å²) >= 11 is 0. The summed E-state index contributed by atoms with van der Waals surface area (Å²) < 4.78 is 0. The van der Waals surface area contributed by atoms with Crippen LogP contribution in [-0.2, 0) is 4.79 Å². The third-order valence-electron chi connectivity index (χ3n) is 4.81. The molecule has 1 heterocycles. The van der Waals surface area contributed by atoms with Crippen molar-refractivity contribution < 1.29 is 24.6 Å². The number of hydrogen-bond acceptors (Lipinski definition) is 4. The molecule has 0 aliphatic carbocycles. The van der Waals surface area contributed by atoms with Crippen molar-refractivity contribution in [3.8, 4) is 16.9 Å². The van der Waals surface area contributed by atoms with E-state index in [1.807, 2.05) is 0 Å². The molecule has 0 aromatic heterocycles. The Bertz CT molecular complexity index is 908. The molecule has 3 N–H and O–H groups in total. The lowest BCUT2D eigenvalue weighted by atomic mass is 10.00. The van der Waals surface area contributed by atoms with Crippen LogP contribution in [-0.4, -0.2) is 52.0 Å². The van der Waals surface area contributed by atoms with Gasteiger partial charge < -0.3 is 20.4 Å². The Labute approximate surface area is 162 Å². The summed E-state index contributed by atoms with van der Waals surface area (Å²) in [4.78, 5) is 36.9. The zero-order chi connectivity index (χ0) is 20.3. The van der Waals surface area contributed by atoms with Crippen LogP contribution < -0.4 is 5.32 Å². The zero-order valence-corrected chi connectivity index (χ0v) is 15.5. The first-order valence-corrected chi connectivity index (χ1v) is 9.08. The predicted molar refractivity (Wildman–Crippen MR) is 103 cm³/mol. The number of amides is 2. The average molecular weight is 382 g/mol. The van der Waals surface area contributed by atoms with Gasteiger partial charge in [0.2, 0.25) is 5.91 Å². The minimum Gasteiger partial charge on any atom is -0.507 e. The number of nitrogens with one attached hydrogen (secondary N) is 1. The van der Waals surface area contributed by atoms with Crippen molar-refractivity contribution in [2.24, 2.45) is 0 Å². The van der Waals surface area contributed by atoms with E-state index in [4.69, 9.17) is 5.11 Å². The zero-order valence-electron chi connectivity index (χ0n) is 15.5. The number of rotatable bonds is 4. The quantitative estimate of drug-likeness (QED) is 0.753. The molecule has 0 saturated carbocycles. The van der Waals surface area contributed by atoms with Gasteiger partial charge >= 0.3 is 5.97 Å². The number of hydrogen-bond donors (Lipinski definition) is 3. The molecule has 0 radical (unpaired) electrons. The molecule has 1 atom stereocenters. The molecular formula is C21H22N2O5. The van der Waals surface area contributed by atoms with Gasteiger partial charge in [0.25, 0.3) is 5.91 Å². The maximum Gasteiger partial charge on any atom is 0.339 e. The lowest BCUT2D eigenvalue weighted by Gasteiger charge is -2.33. The van der Waals surface area contributed by atoms with Crippen LogP contribution >= 0.6 is 0 Å². The fourth-order valence-electron chi connectivity index (χ4n) is 3.44. The van der Waals surface area contributed by atoms with Gasteiger partial charge in [-0.15, -0.1) is 0 Å². The predicted octanol–water partition coefficient (Wildman–Crippen LogP) is 2.50. The van der Waals surface area contributed by atoms with Crippen molar-refractivity contribution in [1.82, 2.24) is 10.2 Å². The molecule has 7 heteroatoms. The number of nitrogens with zero attached hydrogens (tertiary/aromatic N) is 1. The first kappa shape index (κ1) is 19.4. The third kappa shape index (κ3) is 4.31. The van der Waals surface area contributed by atoms with Crippen molar-refractivity contribution >= 4 is 17.8 Å². The minimum absolute atomic E-state index is 0.0269. The number of aromatic carboxylic acids is 1. The molecule has 2 amide bonds. The van der Waals surface area contributed by atoms with Crippen LogP contribution in [0.4, 0.5) is 0 Å². The lowest BCUT2D eigenvalue weighted by molar-refractivity contribution is -0.120. The van der Waals surface area contributed by atoms with Gasteiger partial charge in [0, 0.05) is 31.6 Å². The van der Waals surface area contributed by atoms with E-state index in [-0.39, 0.29) is 29.2 Å². The van der Waals surface area contributed by atoms with Crippen molar-refractivity contribution in [1.29, 1.82) is 0 Å². The molecule has 1 aliphatic rings. The van der Waals surface area contributed by atoms with E-state index < -0.39 is 5.97 Å². The van der Waals surface area contributed by atoms with Crippen LogP contribution in [0.3, 0.4) is 0 Å². The van der Waals surface area contributed by atoms with Gasteiger partial charge in [-0.25, -0.2) is 4.79 Å². The molecule has 1 unspecified atom stereocenters. The lowest BCUT2D eigenvalue weighted by Crippen LogP contribution is -2.49. The molecule has 146 valence electrons. The SMILES string of the molecule is CC(=O)NC1CCCN(C(=O)c2ccc(-c3ccc(O)c(C(=O)O)c3)cc2)C1.